The van der Waals surface area contributed by atoms with E-state index in [9.17, 15) is 5.11 Å². The molecule has 0 atom stereocenters. The Balaban J connectivity index is 3.18. The van der Waals surface area contributed by atoms with E-state index in [4.69, 9.17) is 5.21 Å². The van der Waals surface area contributed by atoms with E-state index in [1.54, 1.807) is 19.1 Å². The Labute approximate surface area is 71.0 Å². The first-order chi connectivity index (χ1) is 5.65. The van der Waals surface area contributed by atoms with Gasteiger partial charge in [0.25, 0.3) is 0 Å². The highest BCUT2D eigenvalue weighted by atomic mass is 16.4. The summed E-state index contributed by atoms with van der Waals surface area (Å²) in [6.07, 6.45) is 0. The van der Waals surface area contributed by atoms with Crippen molar-refractivity contribution in [3.8, 4) is 5.75 Å². The fourth-order valence-electron chi connectivity index (χ4n) is 1.00. The molecule has 1 rings (SSSR count). The summed E-state index contributed by atoms with van der Waals surface area (Å²) in [6, 6.07) is 5.20. The van der Waals surface area contributed by atoms with Crippen LogP contribution in [-0.2, 0) is 0 Å². The zero-order valence-corrected chi connectivity index (χ0v) is 7.07. The van der Waals surface area contributed by atoms with Crippen molar-refractivity contribution in [3.05, 3.63) is 29.3 Å². The molecule has 0 heterocycles. The summed E-state index contributed by atoms with van der Waals surface area (Å²) in [7, 11) is 0. The minimum Gasteiger partial charge on any atom is -0.507 e. The molecule has 0 radical (unpaired) electrons. The van der Waals surface area contributed by atoms with E-state index in [2.05, 4.69) is 5.16 Å². The van der Waals surface area contributed by atoms with Gasteiger partial charge in [-0.25, -0.2) is 0 Å². The molecule has 0 bridgehead atoms. The SMILES string of the molecule is C/C(=N\O)c1ccc(C)cc1O. The molecule has 0 aliphatic heterocycles. The standard InChI is InChI=1S/C9H11NO2/c1-6-3-4-8(7(2)10-12)9(11)5-6/h3-5,11-12H,1-2H3/b10-7+. The van der Waals surface area contributed by atoms with E-state index in [1.165, 1.54) is 0 Å². The normalized spacial score (nSPS) is 11.7. The summed E-state index contributed by atoms with van der Waals surface area (Å²) in [6.45, 7) is 3.51. The minimum atomic E-state index is 0.144. The lowest BCUT2D eigenvalue weighted by atomic mass is 10.1. The summed E-state index contributed by atoms with van der Waals surface area (Å²) < 4.78 is 0. The average molecular weight is 165 g/mol. The van der Waals surface area contributed by atoms with Crippen molar-refractivity contribution in [1.29, 1.82) is 0 Å². The van der Waals surface area contributed by atoms with Crippen LogP contribution in [-0.4, -0.2) is 16.0 Å². The van der Waals surface area contributed by atoms with Crippen molar-refractivity contribution >= 4 is 5.71 Å². The fourth-order valence-corrected chi connectivity index (χ4v) is 1.00. The summed E-state index contributed by atoms with van der Waals surface area (Å²) in [5.74, 6) is 0.144. The molecule has 0 aliphatic rings. The zero-order valence-electron chi connectivity index (χ0n) is 7.07. The zero-order chi connectivity index (χ0) is 9.14. The van der Waals surface area contributed by atoms with E-state index in [0.29, 0.717) is 11.3 Å². The van der Waals surface area contributed by atoms with Crippen LogP contribution in [0.4, 0.5) is 0 Å². The Morgan fingerprint density at radius 2 is 2.08 bits per heavy atom. The summed E-state index contributed by atoms with van der Waals surface area (Å²) in [4.78, 5) is 0. The maximum atomic E-state index is 9.40. The van der Waals surface area contributed by atoms with E-state index in [0.717, 1.165) is 5.56 Å². The molecule has 2 N–H and O–H groups in total. The van der Waals surface area contributed by atoms with Gasteiger partial charge in [-0.15, -0.1) is 0 Å². The number of oxime groups is 1. The van der Waals surface area contributed by atoms with Gasteiger partial charge in [-0.1, -0.05) is 11.2 Å². The second-order valence-electron chi connectivity index (χ2n) is 2.71. The maximum absolute atomic E-state index is 9.40. The third kappa shape index (κ3) is 1.56. The van der Waals surface area contributed by atoms with E-state index >= 15 is 0 Å². The molecule has 0 aliphatic carbocycles. The van der Waals surface area contributed by atoms with E-state index < -0.39 is 0 Å². The predicted octanol–water partition coefficient (Wildman–Crippen LogP) is 1.90. The molecule has 64 valence electrons. The van der Waals surface area contributed by atoms with Gasteiger partial charge < -0.3 is 10.3 Å². The van der Waals surface area contributed by atoms with Gasteiger partial charge in [-0.2, -0.15) is 0 Å². The minimum absolute atomic E-state index is 0.144. The molecule has 1 aromatic rings. The number of aryl methyl sites for hydroxylation is 1. The Kier molecular flexibility index (Phi) is 2.33. The third-order valence-corrected chi connectivity index (χ3v) is 1.69. The molecule has 0 fully saturated rings. The molecule has 0 saturated heterocycles. The molecule has 12 heavy (non-hydrogen) atoms. The first-order valence-electron chi connectivity index (χ1n) is 3.64. The predicted molar refractivity (Wildman–Crippen MR) is 46.8 cm³/mol. The molecule has 1 aromatic carbocycles. The highest BCUT2D eigenvalue weighted by Crippen LogP contribution is 2.18. The van der Waals surface area contributed by atoms with Gasteiger partial charge in [0, 0.05) is 5.56 Å². The van der Waals surface area contributed by atoms with Gasteiger partial charge in [0.05, 0.1) is 5.71 Å². The number of phenolic OH excluding ortho intramolecular Hbond substituents is 1. The van der Waals surface area contributed by atoms with Crippen LogP contribution < -0.4 is 0 Å². The summed E-state index contributed by atoms with van der Waals surface area (Å²) >= 11 is 0. The molecule has 0 saturated carbocycles. The third-order valence-electron chi connectivity index (χ3n) is 1.69. The lowest BCUT2D eigenvalue weighted by Crippen LogP contribution is -1.94. The average Bonchev–Trinajstić information content (AvgIpc) is 2.03. The number of aromatic hydroxyl groups is 1. The Morgan fingerprint density at radius 1 is 1.42 bits per heavy atom. The van der Waals surface area contributed by atoms with Crippen LogP contribution in [0.15, 0.2) is 23.4 Å². The molecule has 3 nitrogen and oxygen atoms in total. The van der Waals surface area contributed by atoms with Gasteiger partial charge in [-0.05, 0) is 31.5 Å². The number of nitrogens with zero attached hydrogens (tertiary/aromatic N) is 1. The second-order valence-corrected chi connectivity index (χ2v) is 2.71. The van der Waals surface area contributed by atoms with Crippen molar-refractivity contribution in [1.82, 2.24) is 0 Å². The monoisotopic (exact) mass is 165 g/mol. The highest BCUT2D eigenvalue weighted by Gasteiger charge is 2.03. The van der Waals surface area contributed by atoms with Crippen LogP contribution in [0.1, 0.15) is 18.1 Å². The van der Waals surface area contributed by atoms with Crippen molar-refractivity contribution < 1.29 is 10.3 Å². The first-order valence-corrected chi connectivity index (χ1v) is 3.64. The van der Waals surface area contributed by atoms with E-state index in [-0.39, 0.29) is 5.75 Å². The van der Waals surface area contributed by atoms with Crippen molar-refractivity contribution in [2.45, 2.75) is 13.8 Å². The first kappa shape index (κ1) is 8.59. The van der Waals surface area contributed by atoms with Gasteiger partial charge >= 0.3 is 0 Å². The Bertz CT molecular complexity index is 318. The number of benzene rings is 1. The van der Waals surface area contributed by atoms with Crippen LogP contribution in [0, 0.1) is 6.92 Å². The number of rotatable bonds is 1. The van der Waals surface area contributed by atoms with Crippen molar-refractivity contribution in [2.75, 3.05) is 0 Å². The summed E-state index contributed by atoms with van der Waals surface area (Å²) in [5.41, 5.74) is 1.94. The van der Waals surface area contributed by atoms with Gasteiger partial charge in [-0.3, -0.25) is 0 Å². The van der Waals surface area contributed by atoms with Crippen LogP contribution in [0.5, 0.6) is 5.75 Å². The number of hydrogen-bond donors (Lipinski definition) is 2. The largest absolute Gasteiger partial charge is 0.507 e. The fraction of sp³-hybridized carbons (Fsp3) is 0.222. The number of hydrogen-bond acceptors (Lipinski definition) is 3. The molecule has 0 unspecified atom stereocenters. The molecular weight excluding hydrogens is 154 g/mol. The lowest BCUT2D eigenvalue weighted by Gasteiger charge is -2.02. The van der Waals surface area contributed by atoms with Crippen LogP contribution in [0.3, 0.4) is 0 Å². The highest BCUT2D eigenvalue weighted by molar-refractivity contribution is 6.00. The van der Waals surface area contributed by atoms with Crippen molar-refractivity contribution in [2.24, 2.45) is 5.16 Å². The van der Waals surface area contributed by atoms with Crippen molar-refractivity contribution in [3.63, 3.8) is 0 Å². The second kappa shape index (κ2) is 3.26. The molecule has 0 amide bonds. The molecule has 3 heteroatoms. The molecule has 0 spiro atoms. The topological polar surface area (TPSA) is 52.8 Å². The van der Waals surface area contributed by atoms with E-state index in [1.807, 2.05) is 13.0 Å². The lowest BCUT2D eigenvalue weighted by molar-refractivity contribution is 0.318. The van der Waals surface area contributed by atoms with Crippen LogP contribution in [0.2, 0.25) is 0 Å². The Hall–Kier alpha value is -1.51. The van der Waals surface area contributed by atoms with Crippen LogP contribution in [0.25, 0.3) is 0 Å². The quantitative estimate of drug-likeness (QED) is 0.379. The van der Waals surface area contributed by atoms with Gasteiger partial charge in [0.15, 0.2) is 0 Å². The van der Waals surface area contributed by atoms with Gasteiger partial charge in [0.1, 0.15) is 5.75 Å². The maximum Gasteiger partial charge on any atom is 0.125 e. The smallest absolute Gasteiger partial charge is 0.125 e. The Morgan fingerprint density at radius 3 is 2.58 bits per heavy atom. The molecular formula is C9H11NO2. The molecule has 0 aromatic heterocycles. The van der Waals surface area contributed by atoms with Gasteiger partial charge in [0.2, 0.25) is 0 Å². The van der Waals surface area contributed by atoms with Crippen LogP contribution >= 0.6 is 0 Å². The summed E-state index contributed by atoms with van der Waals surface area (Å²) in [5, 5.41) is 20.9. The number of phenols is 1.